The zero-order chi connectivity index (χ0) is 15.9. The molecule has 4 fully saturated rings. The van der Waals surface area contributed by atoms with Gasteiger partial charge in [0.15, 0.2) is 0 Å². The molecule has 0 amide bonds. The fourth-order valence-corrected chi connectivity index (χ4v) is 26.0. The zero-order valence-corrected chi connectivity index (χ0v) is 19.9. The van der Waals surface area contributed by atoms with Crippen molar-refractivity contribution in [3.8, 4) is 0 Å². The topological polar surface area (TPSA) is 0 Å². The summed E-state index contributed by atoms with van der Waals surface area (Å²) in [4.78, 5) is 0. The van der Waals surface area contributed by atoms with Crippen molar-refractivity contribution in [2.75, 3.05) is 0 Å². The Morgan fingerprint density at radius 1 is 0.591 bits per heavy atom. The summed E-state index contributed by atoms with van der Waals surface area (Å²) in [5.41, 5.74) is 1.44. The number of hydrogen-bond acceptors (Lipinski definition) is 0. The normalized spacial score (nSPS) is 54.3. The number of rotatable bonds is 3. The molecule has 0 aliphatic heterocycles. The Bertz CT molecular complexity index is 413. The van der Waals surface area contributed by atoms with Gasteiger partial charge in [-0.3, -0.25) is 0 Å². The van der Waals surface area contributed by atoms with Gasteiger partial charge in [0.05, 0.1) is 0 Å². The molecule has 22 heavy (non-hydrogen) atoms. The van der Waals surface area contributed by atoms with Crippen LogP contribution in [0.5, 0.6) is 0 Å². The van der Waals surface area contributed by atoms with Gasteiger partial charge in [0, 0.05) is 0 Å². The van der Waals surface area contributed by atoms with Gasteiger partial charge in [0.1, 0.15) is 0 Å². The van der Waals surface area contributed by atoms with Gasteiger partial charge in [-0.25, -0.2) is 0 Å². The molecule has 4 aliphatic carbocycles. The summed E-state index contributed by atoms with van der Waals surface area (Å²) in [6.45, 7) is 15.4. The van der Waals surface area contributed by atoms with E-state index in [0.717, 1.165) is 46.3 Å². The summed E-state index contributed by atoms with van der Waals surface area (Å²) in [7, 11) is 0. The second-order valence-electron chi connectivity index (χ2n) is 10.2. The molecule has 0 N–H and O–H groups in total. The first-order chi connectivity index (χ1) is 10.2. The molecule has 0 heterocycles. The zero-order valence-electron chi connectivity index (χ0n) is 15.3. The van der Waals surface area contributed by atoms with Crippen molar-refractivity contribution in [1.82, 2.24) is 0 Å². The molecule has 2 heteroatoms. The Labute approximate surface area is 154 Å². The average Bonchev–Trinajstić information content (AvgIpc) is 3.18. The molecule has 0 unspecified atom stereocenters. The van der Waals surface area contributed by atoms with Gasteiger partial charge in [-0.05, 0) is 0 Å². The quantitative estimate of drug-likeness (QED) is 0.436. The van der Waals surface area contributed by atoms with Crippen molar-refractivity contribution in [1.29, 1.82) is 0 Å². The van der Waals surface area contributed by atoms with Crippen molar-refractivity contribution in [2.24, 2.45) is 46.3 Å². The molecule has 4 saturated carbocycles. The third-order valence-corrected chi connectivity index (χ3v) is 25.4. The molecular weight excluding hydrogens is 495 g/mol. The van der Waals surface area contributed by atoms with Gasteiger partial charge in [-0.1, -0.05) is 0 Å². The van der Waals surface area contributed by atoms with Gasteiger partial charge in [0.2, 0.25) is 0 Å². The van der Waals surface area contributed by atoms with E-state index in [0.29, 0.717) is 34.1 Å². The van der Waals surface area contributed by atoms with Crippen molar-refractivity contribution >= 4 is 34.1 Å². The van der Waals surface area contributed by atoms with Crippen molar-refractivity contribution in [3.05, 3.63) is 0 Å². The van der Waals surface area contributed by atoms with Crippen molar-refractivity contribution in [2.45, 2.75) is 75.2 Å². The van der Waals surface area contributed by atoms with Gasteiger partial charge >= 0.3 is 156 Å². The van der Waals surface area contributed by atoms with Crippen LogP contribution < -0.4 is 0 Å². The van der Waals surface area contributed by atoms with Crippen LogP contribution in [-0.2, 0) is 0 Å². The van der Waals surface area contributed by atoms with Crippen LogP contribution >= 0.6 is 0 Å². The molecule has 4 aliphatic rings. The Morgan fingerprint density at radius 3 is 1.27 bits per heavy atom. The average molecular weight is 530 g/mol. The first-order valence-electron chi connectivity index (χ1n) is 9.55. The molecule has 4 rings (SSSR count). The molecule has 0 aromatic rings. The fourth-order valence-electron chi connectivity index (χ4n) is 6.07. The van der Waals surface area contributed by atoms with Crippen LogP contribution in [0, 0.1) is 46.3 Å². The molecule has 0 nitrogen and oxygen atoms in total. The fraction of sp³-hybridized carbons (Fsp3) is 1.00. The first kappa shape index (κ1) is 17.0. The molecular formula is C20H34Te2. The monoisotopic (exact) mass is 534 g/mol. The first-order valence-corrected chi connectivity index (χ1v) is 19.6. The van der Waals surface area contributed by atoms with Gasteiger partial charge < -0.3 is 0 Å². The standard InChI is InChI=1S/C20H34Te2/c1-11-7-13-15(19(13,3)4)9-17(11)21-22-18-10-16-14(8-12(18)2)20(16,5)6/h11-18H,7-10H2,1-6H3/t11-,12-,13+,14+,15-,16-,17-,18-/m1/s1. The van der Waals surface area contributed by atoms with Crippen LogP contribution in [0.3, 0.4) is 0 Å². The third kappa shape index (κ3) is 2.66. The van der Waals surface area contributed by atoms with Crippen molar-refractivity contribution in [3.63, 3.8) is 0 Å². The second kappa shape index (κ2) is 5.54. The van der Waals surface area contributed by atoms with E-state index < -0.39 is 0 Å². The maximum atomic E-state index is 2.61. The molecule has 0 saturated heterocycles. The Morgan fingerprint density at radius 2 is 0.909 bits per heavy atom. The van der Waals surface area contributed by atoms with Crippen LogP contribution in [-0.4, -0.2) is 34.1 Å². The Hall–Kier alpha value is 1.58. The van der Waals surface area contributed by atoms with Gasteiger partial charge in [0.25, 0.3) is 0 Å². The van der Waals surface area contributed by atoms with Crippen LogP contribution in [0.25, 0.3) is 0 Å². The molecule has 8 atom stereocenters. The van der Waals surface area contributed by atoms with E-state index in [2.05, 4.69) is 41.5 Å². The number of fused-ring (bicyclic) bond motifs is 2. The minimum absolute atomic E-state index is 0.366. The molecule has 126 valence electrons. The van der Waals surface area contributed by atoms with E-state index in [4.69, 9.17) is 0 Å². The van der Waals surface area contributed by atoms with Gasteiger partial charge in [-0.15, -0.1) is 0 Å². The predicted octanol–water partition coefficient (Wildman–Crippen LogP) is 5.29. The summed E-state index contributed by atoms with van der Waals surface area (Å²) in [6.07, 6.45) is 6.45. The number of hydrogen-bond donors (Lipinski definition) is 0. The van der Waals surface area contributed by atoms with Crippen LogP contribution in [0.4, 0.5) is 0 Å². The predicted molar refractivity (Wildman–Crippen MR) is 97.3 cm³/mol. The summed E-state index contributed by atoms with van der Waals surface area (Å²) >= 11 is 0.732. The Balaban J connectivity index is 1.31. The van der Waals surface area contributed by atoms with Crippen LogP contribution in [0.15, 0.2) is 0 Å². The molecule has 0 radical (unpaired) electrons. The maximum absolute atomic E-state index is 2.61. The molecule has 0 bridgehead atoms. The van der Waals surface area contributed by atoms with E-state index in [1.807, 2.05) is 0 Å². The molecule has 0 spiro atoms. The minimum atomic E-state index is 0.366. The van der Waals surface area contributed by atoms with E-state index in [1.54, 1.807) is 25.7 Å². The third-order valence-electron chi connectivity index (χ3n) is 8.37. The van der Waals surface area contributed by atoms with E-state index in [1.165, 1.54) is 7.93 Å². The van der Waals surface area contributed by atoms with E-state index in [9.17, 15) is 0 Å². The van der Waals surface area contributed by atoms with Crippen LogP contribution in [0.1, 0.15) is 67.2 Å². The summed E-state index contributed by atoms with van der Waals surface area (Å²) in [6, 6.07) is 0. The van der Waals surface area contributed by atoms with Crippen molar-refractivity contribution < 1.29 is 0 Å². The van der Waals surface area contributed by atoms with E-state index >= 15 is 0 Å². The molecule has 0 aromatic carbocycles. The molecule has 0 aromatic heterocycles. The van der Waals surface area contributed by atoms with E-state index in [-0.39, 0.29) is 0 Å². The summed E-state index contributed by atoms with van der Waals surface area (Å²) < 4.78 is 2.46. The second-order valence-corrected chi connectivity index (χ2v) is 22.2. The SMILES string of the molecule is C[C@@H]1C[C@H]2[C@@H](C[C@H]1[Te][Te][C@@H]1C[C@@H]3[C@H](C[C@H]1C)C3(C)C)C2(C)C. The summed E-state index contributed by atoms with van der Waals surface area (Å²) in [5, 5.41) is 0. The van der Waals surface area contributed by atoms with Crippen LogP contribution in [0.2, 0.25) is 7.93 Å². The van der Waals surface area contributed by atoms with Gasteiger partial charge in [-0.2, -0.15) is 0 Å². The Kier molecular flexibility index (Phi) is 4.28. The summed E-state index contributed by atoms with van der Waals surface area (Å²) in [5.74, 6) is 6.63.